The van der Waals surface area contributed by atoms with E-state index in [2.05, 4.69) is 10.6 Å². The van der Waals surface area contributed by atoms with E-state index in [1.54, 1.807) is 121 Å². The van der Waals surface area contributed by atoms with Crippen LogP contribution in [-0.4, -0.2) is 23.4 Å². The van der Waals surface area contributed by atoms with Crippen molar-refractivity contribution in [2.45, 2.75) is 0 Å². The Hall–Kier alpha value is -6.60. The Morgan fingerprint density at radius 3 is 0.979 bits per heavy atom. The number of rotatable bonds is 10. The topological polar surface area (TPSA) is 102 Å². The third kappa shape index (κ3) is 7.56. The maximum Gasteiger partial charge on any atom is 0.255 e. The molecule has 0 radical (unpaired) electrons. The van der Waals surface area contributed by atoms with Crippen LogP contribution in [0.15, 0.2) is 158 Å². The van der Waals surface area contributed by atoms with E-state index < -0.39 is 0 Å². The van der Waals surface area contributed by atoms with Crippen molar-refractivity contribution in [3.8, 4) is 11.5 Å². The molecule has 228 valence electrons. The Morgan fingerprint density at radius 1 is 0.340 bits per heavy atom. The van der Waals surface area contributed by atoms with Gasteiger partial charge < -0.3 is 15.4 Å². The van der Waals surface area contributed by atoms with Crippen LogP contribution in [0.25, 0.3) is 0 Å². The van der Waals surface area contributed by atoms with E-state index in [9.17, 15) is 19.2 Å². The first-order valence-electron chi connectivity index (χ1n) is 14.8. The van der Waals surface area contributed by atoms with Crippen LogP contribution >= 0.6 is 0 Å². The molecule has 0 bridgehead atoms. The molecule has 6 aromatic rings. The molecule has 6 aromatic carbocycles. The lowest BCUT2D eigenvalue weighted by Gasteiger charge is -2.10. The number of amides is 2. The number of anilines is 2. The molecule has 0 aliphatic rings. The first-order chi connectivity index (χ1) is 22.9. The molecule has 0 atom stereocenters. The second-order valence-corrected chi connectivity index (χ2v) is 10.6. The number of nitrogens with one attached hydrogen (secondary N) is 2. The van der Waals surface area contributed by atoms with Crippen LogP contribution in [0.4, 0.5) is 11.4 Å². The Morgan fingerprint density at radius 2 is 0.638 bits per heavy atom. The van der Waals surface area contributed by atoms with Crippen LogP contribution in [0.2, 0.25) is 0 Å². The third-order valence-corrected chi connectivity index (χ3v) is 7.35. The Bertz CT molecular complexity index is 1870. The van der Waals surface area contributed by atoms with Gasteiger partial charge in [0.2, 0.25) is 0 Å². The number of ketones is 2. The molecule has 0 unspecified atom stereocenters. The summed E-state index contributed by atoms with van der Waals surface area (Å²) in [5.74, 6) is 0.271. The van der Waals surface area contributed by atoms with Crippen molar-refractivity contribution in [1.82, 2.24) is 0 Å². The van der Waals surface area contributed by atoms with Crippen LogP contribution in [0.1, 0.15) is 52.6 Å². The second kappa shape index (κ2) is 14.0. The van der Waals surface area contributed by atoms with E-state index in [1.165, 1.54) is 0 Å². The fourth-order valence-corrected chi connectivity index (χ4v) is 4.81. The fourth-order valence-electron chi connectivity index (χ4n) is 4.81. The monoisotopic (exact) mass is 616 g/mol. The van der Waals surface area contributed by atoms with E-state index >= 15 is 0 Å². The minimum Gasteiger partial charge on any atom is -0.457 e. The first-order valence-corrected chi connectivity index (χ1v) is 14.8. The molecule has 0 saturated heterocycles. The summed E-state index contributed by atoms with van der Waals surface area (Å²) >= 11 is 0. The summed E-state index contributed by atoms with van der Waals surface area (Å²) in [6.45, 7) is 0. The summed E-state index contributed by atoms with van der Waals surface area (Å²) in [7, 11) is 0. The molecule has 0 spiro atoms. The number of hydrogen-bond donors (Lipinski definition) is 2. The van der Waals surface area contributed by atoms with Gasteiger partial charge in [-0.15, -0.1) is 0 Å². The highest BCUT2D eigenvalue weighted by atomic mass is 16.5. The van der Waals surface area contributed by atoms with Gasteiger partial charge in [0.15, 0.2) is 11.6 Å². The maximum absolute atomic E-state index is 12.8. The van der Waals surface area contributed by atoms with E-state index in [4.69, 9.17) is 4.74 Å². The highest BCUT2D eigenvalue weighted by Crippen LogP contribution is 2.24. The van der Waals surface area contributed by atoms with Crippen molar-refractivity contribution in [1.29, 1.82) is 0 Å². The molecule has 0 aliphatic carbocycles. The molecule has 6 rings (SSSR count). The van der Waals surface area contributed by atoms with Crippen molar-refractivity contribution in [2.75, 3.05) is 10.6 Å². The lowest BCUT2D eigenvalue weighted by Crippen LogP contribution is -2.12. The standard InChI is InChI=1S/C40H28N2O5/c43-37(27-7-3-1-4-8-27)29-11-19-33(20-12-29)41-39(45)31-15-23-35(24-16-31)47-36-25-17-32(18-26-36)40(46)42-34-21-13-30(14-22-34)38(44)28-9-5-2-6-10-28/h1-26H,(H,41,45)(H,42,46). The average Bonchev–Trinajstić information content (AvgIpc) is 3.13. The van der Waals surface area contributed by atoms with Crippen molar-refractivity contribution in [3.63, 3.8) is 0 Å². The van der Waals surface area contributed by atoms with Gasteiger partial charge in [0.05, 0.1) is 0 Å². The van der Waals surface area contributed by atoms with Crippen LogP contribution in [0.5, 0.6) is 11.5 Å². The quantitative estimate of drug-likeness (QED) is 0.150. The smallest absolute Gasteiger partial charge is 0.255 e. The largest absolute Gasteiger partial charge is 0.457 e. The van der Waals surface area contributed by atoms with Crippen molar-refractivity contribution in [3.05, 3.63) is 191 Å². The van der Waals surface area contributed by atoms with Crippen molar-refractivity contribution in [2.24, 2.45) is 0 Å². The van der Waals surface area contributed by atoms with Gasteiger partial charge in [-0.3, -0.25) is 19.2 Å². The van der Waals surface area contributed by atoms with Gasteiger partial charge >= 0.3 is 0 Å². The summed E-state index contributed by atoms with van der Waals surface area (Å²) in [6, 6.07) is 44.9. The second-order valence-electron chi connectivity index (χ2n) is 10.6. The normalized spacial score (nSPS) is 10.5. The van der Waals surface area contributed by atoms with Gasteiger partial charge in [-0.25, -0.2) is 0 Å². The molecule has 0 saturated carbocycles. The number of ether oxygens (including phenoxy) is 1. The van der Waals surface area contributed by atoms with E-state index in [0.29, 0.717) is 56.3 Å². The molecule has 0 aromatic heterocycles. The predicted molar refractivity (Wildman–Crippen MR) is 181 cm³/mol. The number of hydrogen-bond acceptors (Lipinski definition) is 5. The van der Waals surface area contributed by atoms with Gasteiger partial charge in [-0.2, -0.15) is 0 Å². The zero-order chi connectivity index (χ0) is 32.6. The average molecular weight is 617 g/mol. The molecule has 7 nitrogen and oxygen atoms in total. The van der Waals surface area contributed by atoms with Crippen LogP contribution in [0.3, 0.4) is 0 Å². The molecular formula is C40H28N2O5. The van der Waals surface area contributed by atoms with Crippen molar-refractivity contribution >= 4 is 34.8 Å². The highest BCUT2D eigenvalue weighted by molar-refractivity contribution is 6.10. The summed E-state index contributed by atoms with van der Waals surface area (Å²) in [4.78, 5) is 50.8. The third-order valence-electron chi connectivity index (χ3n) is 7.35. The predicted octanol–water partition coefficient (Wildman–Crippen LogP) is 8.45. The molecule has 7 heteroatoms. The molecule has 2 N–H and O–H groups in total. The minimum absolute atomic E-state index is 0.0859. The lowest BCUT2D eigenvalue weighted by atomic mass is 10.0. The van der Waals surface area contributed by atoms with Crippen LogP contribution in [-0.2, 0) is 0 Å². The Balaban J connectivity index is 1.00. The molecule has 0 heterocycles. The molecule has 47 heavy (non-hydrogen) atoms. The minimum atomic E-state index is -0.300. The first kappa shape index (κ1) is 30.4. The van der Waals surface area contributed by atoms with E-state index in [0.717, 1.165) is 0 Å². The SMILES string of the molecule is O=C(Nc1ccc(C(=O)c2ccccc2)cc1)c1ccc(Oc2ccc(C(=O)Nc3ccc(C(=O)c4ccccc4)cc3)cc2)cc1. The number of benzene rings is 6. The molecule has 0 fully saturated rings. The van der Waals surface area contributed by atoms with Gasteiger partial charge in [0.1, 0.15) is 11.5 Å². The highest BCUT2D eigenvalue weighted by Gasteiger charge is 2.12. The zero-order valence-electron chi connectivity index (χ0n) is 25.1. The molecule has 0 aliphatic heterocycles. The maximum atomic E-state index is 12.8. The van der Waals surface area contributed by atoms with Gasteiger partial charge in [-0.1, -0.05) is 60.7 Å². The summed E-state index contributed by atoms with van der Waals surface area (Å²) < 4.78 is 5.90. The van der Waals surface area contributed by atoms with E-state index in [1.807, 2.05) is 36.4 Å². The molecule has 2 amide bonds. The van der Waals surface area contributed by atoms with Crippen LogP contribution in [0, 0.1) is 0 Å². The number of carbonyl (C=O) groups is 4. The van der Waals surface area contributed by atoms with Crippen LogP contribution < -0.4 is 15.4 Å². The Labute approximate surface area is 271 Å². The van der Waals surface area contributed by atoms with Gasteiger partial charge in [0.25, 0.3) is 11.8 Å². The van der Waals surface area contributed by atoms with E-state index in [-0.39, 0.29) is 23.4 Å². The summed E-state index contributed by atoms with van der Waals surface area (Å²) in [5.41, 5.74) is 4.28. The summed E-state index contributed by atoms with van der Waals surface area (Å²) in [5, 5.41) is 5.68. The Kier molecular flexibility index (Phi) is 9.07. The molecular weight excluding hydrogens is 588 g/mol. The fraction of sp³-hybridized carbons (Fsp3) is 0. The summed E-state index contributed by atoms with van der Waals surface area (Å²) in [6.07, 6.45) is 0. The van der Waals surface area contributed by atoms with Gasteiger partial charge in [-0.05, 0) is 97.1 Å². The number of carbonyl (C=O) groups excluding carboxylic acids is 4. The van der Waals surface area contributed by atoms with Gasteiger partial charge in [0, 0.05) is 44.8 Å². The zero-order valence-corrected chi connectivity index (χ0v) is 25.1. The van der Waals surface area contributed by atoms with Crippen molar-refractivity contribution < 1.29 is 23.9 Å². The lowest BCUT2D eigenvalue weighted by molar-refractivity contribution is 0.101.